The van der Waals surface area contributed by atoms with Gasteiger partial charge in [-0.1, -0.05) is 12.1 Å². The van der Waals surface area contributed by atoms with Crippen LogP contribution in [0, 0.1) is 6.92 Å². The van der Waals surface area contributed by atoms with E-state index in [1.54, 1.807) is 0 Å². The molecule has 188 valence electrons. The number of unbranched alkanes of at least 4 members (excludes halogenated alkanes) is 1. The summed E-state index contributed by atoms with van der Waals surface area (Å²) >= 11 is 0. The standard InChI is InChI=1S/C25H44N6O.HI/c1-5-26-25(28-15-13-24(32)30(6-2)7-3)27-14-8-9-16-29-17-19-31(20-18-29)23-12-10-11-22(4)21-23;/h10-12,21H,5-9,13-20H2,1-4H3,(H2,26,27,28);1H. The molecule has 1 fully saturated rings. The van der Waals surface area contributed by atoms with Crippen LogP contribution in [0.5, 0.6) is 0 Å². The molecular weight excluding hydrogens is 527 g/mol. The Kier molecular flexibility index (Phi) is 15.2. The second-order valence-electron chi connectivity index (χ2n) is 8.38. The lowest BCUT2D eigenvalue weighted by Crippen LogP contribution is -2.46. The Labute approximate surface area is 218 Å². The van der Waals surface area contributed by atoms with Gasteiger partial charge in [-0.3, -0.25) is 14.7 Å². The molecule has 0 aromatic heterocycles. The Morgan fingerprint density at radius 1 is 1.06 bits per heavy atom. The van der Waals surface area contributed by atoms with E-state index < -0.39 is 0 Å². The second-order valence-corrected chi connectivity index (χ2v) is 8.38. The minimum atomic E-state index is 0. The van der Waals surface area contributed by atoms with Crippen LogP contribution in [0.1, 0.15) is 45.6 Å². The number of carbonyl (C=O) groups excluding carboxylic acids is 1. The molecule has 0 unspecified atom stereocenters. The molecule has 0 aliphatic carbocycles. The first-order valence-electron chi connectivity index (χ1n) is 12.4. The van der Waals surface area contributed by atoms with Crippen molar-refractivity contribution >= 4 is 41.5 Å². The minimum Gasteiger partial charge on any atom is -0.369 e. The third-order valence-electron chi connectivity index (χ3n) is 5.98. The summed E-state index contributed by atoms with van der Waals surface area (Å²) in [5, 5.41) is 6.57. The Hall–Kier alpha value is -1.55. The van der Waals surface area contributed by atoms with Gasteiger partial charge in [0, 0.05) is 71.0 Å². The van der Waals surface area contributed by atoms with Gasteiger partial charge in [0.1, 0.15) is 0 Å². The van der Waals surface area contributed by atoms with Crippen LogP contribution in [0.4, 0.5) is 5.69 Å². The lowest BCUT2D eigenvalue weighted by molar-refractivity contribution is -0.130. The van der Waals surface area contributed by atoms with Crippen molar-refractivity contribution < 1.29 is 4.79 Å². The maximum absolute atomic E-state index is 12.1. The van der Waals surface area contributed by atoms with Crippen LogP contribution in [0.15, 0.2) is 29.3 Å². The van der Waals surface area contributed by atoms with E-state index in [1.165, 1.54) is 11.3 Å². The average molecular weight is 573 g/mol. The molecule has 33 heavy (non-hydrogen) atoms. The van der Waals surface area contributed by atoms with E-state index in [2.05, 4.69) is 63.5 Å². The quantitative estimate of drug-likeness (QED) is 0.174. The van der Waals surface area contributed by atoms with E-state index in [0.29, 0.717) is 13.0 Å². The summed E-state index contributed by atoms with van der Waals surface area (Å²) in [4.78, 5) is 23.7. The summed E-state index contributed by atoms with van der Waals surface area (Å²) in [6, 6.07) is 8.81. The van der Waals surface area contributed by atoms with Crippen LogP contribution in [-0.2, 0) is 4.79 Å². The van der Waals surface area contributed by atoms with E-state index >= 15 is 0 Å². The lowest BCUT2D eigenvalue weighted by Gasteiger charge is -2.36. The maximum atomic E-state index is 12.1. The van der Waals surface area contributed by atoms with Crippen molar-refractivity contribution in [1.29, 1.82) is 0 Å². The zero-order valence-electron chi connectivity index (χ0n) is 21.1. The largest absolute Gasteiger partial charge is 0.369 e. The molecule has 0 atom stereocenters. The van der Waals surface area contributed by atoms with Crippen LogP contribution >= 0.6 is 24.0 Å². The van der Waals surface area contributed by atoms with Crippen LogP contribution in [0.3, 0.4) is 0 Å². The first-order valence-corrected chi connectivity index (χ1v) is 12.4. The van der Waals surface area contributed by atoms with Gasteiger partial charge in [-0.05, 0) is 64.8 Å². The summed E-state index contributed by atoms with van der Waals surface area (Å²) in [5.41, 5.74) is 2.67. The number of nitrogens with one attached hydrogen (secondary N) is 2. The van der Waals surface area contributed by atoms with E-state index in [0.717, 1.165) is 77.7 Å². The highest BCUT2D eigenvalue weighted by Gasteiger charge is 2.16. The molecule has 1 aliphatic rings. The molecule has 2 rings (SSSR count). The van der Waals surface area contributed by atoms with Gasteiger partial charge in [-0.25, -0.2) is 0 Å². The molecule has 1 heterocycles. The maximum Gasteiger partial charge on any atom is 0.224 e. The predicted molar refractivity (Wildman–Crippen MR) is 151 cm³/mol. The van der Waals surface area contributed by atoms with Crippen LogP contribution in [-0.4, -0.2) is 87.1 Å². The predicted octanol–water partition coefficient (Wildman–Crippen LogP) is 3.33. The van der Waals surface area contributed by atoms with E-state index in [-0.39, 0.29) is 29.9 Å². The fourth-order valence-electron chi connectivity index (χ4n) is 4.06. The molecular formula is C25H45IN6O. The van der Waals surface area contributed by atoms with Gasteiger partial charge in [0.25, 0.3) is 0 Å². The van der Waals surface area contributed by atoms with Gasteiger partial charge in [0.05, 0.1) is 0 Å². The number of hydrogen-bond donors (Lipinski definition) is 2. The van der Waals surface area contributed by atoms with Gasteiger partial charge in [0.15, 0.2) is 5.96 Å². The molecule has 7 nitrogen and oxygen atoms in total. The van der Waals surface area contributed by atoms with Gasteiger partial charge in [-0.2, -0.15) is 0 Å². The van der Waals surface area contributed by atoms with Crippen molar-refractivity contribution in [2.45, 2.75) is 47.0 Å². The highest BCUT2D eigenvalue weighted by atomic mass is 127. The molecule has 1 aromatic carbocycles. The molecule has 1 aromatic rings. The Bertz CT molecular complexity index is 702. The smallest absolute Gasteiger partial charge is 0.224 e. The van der Waals surface area contributed by atoms with Crippen molar-refractivity contribution in [3.8, 4) is 0 Å². The Morgan fingerprint density at radius 3 is 2.42 bits per heavy atom. The number of aliphatic imine (C=N–C) groups is 1. The van der Waals surface area contributed by atoms with Gasteiger partial charge < -0.3 is 20.4 Å². The number of amides is 1. The molecule has 0 saturated carbocycles. The van der Waals surface area contributed by atoms with Crippen molar-refractivity contribution in [2.75, 3.05) is 70.3 Å². The SMILES string of the molecule is CCNC(=NCCCCN1CCN(c2cccc(C)c2)CC1)NCCC(=O)N(CC)CC.I. The molecule has 1 saturated heterocycles. The van der Waals surface area contributed by atoms with Crippen LogP contribution in [0.2, 0.25) is 0 Å². The van der Waals surface area contributed by atoms with Crippen molar-refractivity contribution in [3.05, 3.63) is 29.8 Å². The Morgan fingerprint density at radius 2 is 1.79 bits per heavy atom. The summed E-state index contributed by atoms with van der Waals surface area (Å²) in [7, 11) is 0. The highest BCUT2D eigenvalue weighted by molar-refractivity contribution is 14.0. The second kappa shape index (κ2) is 17.0. The highest BCUT2D eigenvalue weighted by Crippen LogP contribution is 2.17. The zero-order chi connectivity index (χ0) is 23.2. The number of halogens is 1. The molecule has 1 aliphatic heterocycles. The molecule has 8 heteroatoms. The van der Waals surface area contributed by atoms with Gasteiger partial charge in [0.2, 0.25) is 5.91 Å². The van der Waals surface area contributed by atoms with Gasteiger partial charge >= 0.3 is 0 Å². The number of anilines is 1. The van der Waals surface area contributed by atoms with Crippen molar-refractivity contribution in [2.24, 2.45) is 4.99 Å². The first kappa shape index (κ1) is 29.5. The third kappa shape index (κ3) is 10.9. The topological polar surface area (TPSA) is 63.2 Å². The molecule has 2 N–H and O–H groups in total. The minimum absolute atomic E-state index is 0. The number of guanidine groups is 1. The van der Waals surface area contributed by atoms with Crippen LogP contribution in [0.25, 0.3) is 0 Å². The van der Waals surface area contributed by atoms with Crippen molar-refractivity contribution in [3.63, 3.8) is 0 Å². The summed E-state index contributed by atoms with van der Waals surface area (Å²) < 4.78 is 0. The number of piperazine rings is 1. The van der Waals surface area contributed by atoms with Crippen LogP contribution < -0.4 is 15.5 Å². The van der Waals surface area contributed by atoms with E-state index in [9.17, 15) is 4.79 Å². The Balaban J connectivity index is 0.00000544. The first-order chi connectivity index (χ1) is 15.6. The fraction of sp³-hybridized carbons (Fsp3) is 0.680. The number of hydrogen-bond acceptors (Lipinski definition) is 4. The molecule has 0 bridgehead atoms. The number of rotatable bonds is 12. The fourth-order valence-corrected chi connectivity index (χ4v) is 4.06. The number of aryl methyl sites for hydroxylation is 1. The van der Waals surface area contributed by atoms with Crippen molar-refractivity contribution in [1.82, 2.24) is 20.4 Å². The molecule has 1 amide bonds. The molecule has 0 spiro atoms. The lowest BCUT2D eigenvalue weighted by atomic mass is 10.2. The summed E-state index contributed by atoms with van der Waals surface area (Å²) in [6.45, 7) is 17.6. The zero-order valence-corrected chi connectivity index (χ0v) is 23.4. The number of carbonyl (C=O) groups is 1. The average Bonchev–Trinajstić information content (AvgIpc) is 2.80. The summed E-state index contributed by atoms with van der Waals surface area (Å²) in [5.74, 6) is 1.01. The third-order valence-corrected chi connectivity index (χ3v) is 5.98. The van der Waals surface area contributed by atoms with Gasteiger partial charge in [-0.15, -0.1) is 24.0 Å². The number of nitrogens with zero attached hydrogens (tertiary/aromatic N) is 4. The molecule has 0 radical (unpaired) electrons. The van der Waals surface area contributed by atoms with E-state index in [4.69, 9.17) is 0 Å². The summed E-state index contributed by atoms with van der Waals surface area (Å²) in [6.07, 6.45) is 2.74. The van der Waals surface area contributed by atoms with E-state index in [1.807, 2.05) is 18.7 Å². The monoisotopic (exact) mass is 572 g/mol. The normalized spacial score (nSPS) is 14.5. The number of benzene rings is 1.